The maximum absolute atomic E-state index is 11.5. The maximum atomic E-state index is 11.5. The molecule has 0 spiro atoms. The third-order valence-electron chi connectivity index (χ3n) is 2.66. The molecule has 6 heteroatoms. The van der Waals surface area contributed by atoms with Crippen LogP contribution in [-0.4, -0.2) is 46.9 Å². The van der Waals surface area contributed by atoms with Crippen molar-refractivity contribution in [1.29, 1.82) is 0 Å². The number of rotatable bonds is 6. The number of benzene rings is 1. The van der Waals surface area contributed by atoms with Crippen molar-refractivity contribution in [1.82, 2.24) is 10.3 Å². The highest BCUT2D eigenvalue weighted by Gasteiger charge is 2.05. The molecule has 6 nitrogen and oxygen atoms in total. The quantitative estimate of drug-likeness (QED) is 0.405. The highest BCUT2D eigenvalue weighted by molar-refractivity contribution is 5.83. The van der Waals surface area contributed by atoms with Crippen molar-refractivity contribution in [2.45, 2.75) is 13.8 Å². The predicted molar refractivity (Wildman–Crippen MR) is 73.3 cm³/mol. The maximum Gasteiger partial charge on any atom is 0.254 e. The first-order chi connectivity index (χ1) is 9.06. The summed E-state index contributed by atoms with van der Waals surface area (Å²) in [4.78, 5) is 13.5. The molecular weight excluding hydrogens is 246 g/mol. The summed E-state index contributed by atoms with van der Waals surface area (Å²) in [6.45, 7) is 5.88. The van der Waals surface area contributed by atoms with Gasteiger partial charge in [-0.25, -0.2) is 5.43 Å². The first kappa shape index (κ1) is 15.0. The van der Waals surface area contributed by atoms with Gasteiger partial charge >= 0.3 is 0 Å². The average molecular weight is 265 g/mol. The van der Waals surface area contributed by atoms with Crippen LogP contribution in [0, 0.1) is 0 Å². The van der Waals surface area contributed by atoms with Gasteiger partial charge in [-0.15, -0.1) is 0 Å². The van der Waals surface area contributed by atoms with Crippen LogP contribution in [0.3, 0.4) is 0 Å². The monoisotopic (exact) mass is 265 g/mol. The molecule has 0 aliphatic heterocycles. The summed E-state index contributed by atoms with van der Waals surface area (Å²) < 4.78 is 0. The molecule has 0 aliphatic carbocycles. The summed E-state index contributed by atoms with van der Waals surface area (Å²) in [7, 11) is 0. The fourth-order valence-corrected chi connectivity index (χ4v) is 1.49. The third kappa shape index (κ3) is 4.97. The van der Waals surface area contributed by atoms with E-state index in [1.165, 1.54) is 18.3 Å². The van der Waals surface area contributed by atoms with Gasteiger partial charge in [-0.3, -0.25) is 9.69 Å². The Bertz CT molecular complexity index is 456. The van der Waals surface area contributed by atoms with Crippen LogP contribution in [0.2, 0.25) is 0 Å². The summed E-state index contributed by atoms with van der Waals surface area (Å²) in [5.41, 5.74) is 2.99. The normalized spacial score (nSPS) is 11.1. The number of phenols is 2. The molecule has 1 rings (SSSR count). The Hall–Kier alpha value is -2.08. The van der Waals surface area contributed by atoms with E-state index in [1.54, 1.807) is 6.07 Å². The number of aromatic hydroxyl groups is 2. The minimum atomic E-state index is -0.224. The lowest BCUT2D eigenvalue weighted by atomic mass is 10.2. The minimum Gasteiger partial charge on any atom is -0.504 e. The van der Waals surface area contributed by atoms with E-state index in [-0.39, 0.29) is 17.4 Å². The molecule has 0 atom stereocenters. The topological polar surface area (TPSA) is 85.2 Å². The molecule has 0 heterocycles. The standard InChI is InChI=1S/C13H19N3O3/c1-3-16(4-2)9-13(19)15-14-8-10-5-6-11(17)12(18)7-10/h5-8,17-18H,3-4,9H2,1-2H3,(H,15,19)/b14-8-. The van der Waals surface area contributed by atoms with E-state index >= 15 is 0 Å². The smallest absolute Gasteiger partial charge is 0.254 e. The molecular formula is C13H19N3O3. The predicted octanol–water partition coefficient (Wildman–Crippen LogP) is 0.890. The van der Waals surface area contributed by atoms with Gasteiger partial charge in [0.15, 0.2) is 11.5 Å². The molecule has 0 aromatic heterocycles. The lowest BCUT2D eigenvalue weighted by Gasteiger charge is -2.15. The summed E-state index contributed by atoms with van der Waals surface area (Å²) >= 11 is 0. The van der Waals surface area contributed by atoms with Gasteiger partial charge in [-0.2, -0.15) is 5.10 Å². The van der Waals surface area contributed by atoms with Crippen LogP contribution in [0.25, 0.3) is 0 Å². The Morgan fingerprint density at radius 1 is 1.32 bits per heavy atom. The number of nitrogens with zero attached hydrogens (tertiary/aromatic N) is 2. The average Bonchev–Trinajstić information content (AvgIpc) is 2.40. The number of amides is 1. The molecule has 0 fully saturated rings. The van der Waals surface area contributed by atoms with Crippen molar-refractivity contribution in [3.63, 3.8) is 0 Å². The van der Waals surface area contributed by atoms with Crippen LogP contribution in [0.15, 0.2) is 23.3 Å². The summed E-state index contributed by atoms with van der Waals surface area (Å²) in [5.74, 6) is -0.607. The first-order valence-electron chi connectivity index (χ1n) is 6.13. The molecule has 1 amide bonds. The van der Waals surface area contributed by atoms with E-state index in [0.717, 1.165) is 13.1 Å². The van der Waals surface area contributed by atoms with E-state index in [0.29, 0.717) is 12.1 Å². The molecule has 0 bridgehead atoms. The van der Waals surface area contributed by atoms with E-state index in [1.807, 2.05) is 18.7 Å². The number of hydrogen-bond acceptors (Lipinski definition) is 5. The number of hydrogen-bond donors (Lipinski definition) is 3. The fourth-order valence-electron chi connectivity index (χ4n) is 1.49. The number of likely N-dealkylation sites (N-methyl/N-ethyl adjacent to an activating group) is 1. The van der Waals surface area contributed by atoms with Gasteiger partial charge in [0.25, 0.3) is 5.91 Å². The zero-order chi connectivity index (χ0) is 14.3. The zero-order valence-corrected chi connectivity index (χ0v) is 11.1. The number of carbonyl (C=O) groups excluding carboxylic acids is 1. The van der Waals surface area contributed by atoms with E-state index in [2.05, 4.69) is 10.5 Å². The second kappa shape index (κ2) is 7.38. The van der Waals surface area contributed by atoms with Crippen molar-refractivity contribution >= 4 is 12.1 Å². The number of carbonyl (C=O) groups is 1. The Morgan fingerprint density at radius 2 is 2.00 bits per heavy atom. The molecule has 1 aromatic carbocycles. The molecule has 0 aliphatic rings. The Kier molecular flexibility index (Phi) is 5.81. The lowest BCUT2D eigenvalue weighted by molar-refractivity contribution is -0.122. The van der Waals surface area contributed by atoms with E-state index in [9.17, 15) is 9.90 Å². The van der Waals surface area contributed by atoms with Crippen molar-refractivity contribution in [2.24, 2.45) is 5.10 Å². The SMILES string of the molecule is CCN(CC)CC(=O)N/N=C\c1ccc(O)c(O)c1. The summed E-state index contributed by atoms with van der Waals surface area (Å²) in [5, 5.41) is 22.2. The first-order valence-corrected chi connectivity index (χ1v) is 6.13. The van der Waals surface area contributed by atoms with Crippen LogP contribution < -0.4 is 5.43 Å². The van der Waals surface area contributed by atoms with Crippen LogP contribution >= 0.6 is 0 Å². The molecule has 3 N–H and O–H groups in total. The van der Waals surface area contributed by atoms with Gasteiger partial charge in [0, 0.05) is 0 Å². The van der Waals surface area contributed by atoms with Crippen molar-refractivity contribution < 1.29 is 15.0 Å². The van der Waals surface area contributed by atoms with Gasteiger partial charge in [0.05, 0.1) is 12.8 Å². The van der Waals surface area contributed by atoms with Gasteiger partial charge in [0.1, 0.15) is 0 Å². The summed E-state index contributed by atoms with van der Waals surface area (Å²) in [6.07, 6.45) is 1.40. The highest BCUT2D eigenvalue weighted by atomic mass is 16.3. The van der Waals surface area contributed by atoms with Crippen LogP contribution in [-0.2, 0) is 4.79 Å². The van der Waals surface area contributed by atoms with Crippen LogP contribution in [0.1, 0.15) is 19.4 Å². The van der Waals surface area contributed by atoms with Gasteiger partial charge in [0.2, 0.25) is 0 Å². The number of nitrogens with one attached hydrogen (secondary N) is 1. The minimum absolute atomic E-state index is 0.192. The molecule has 19 heavy (non-hydrogen) atoms. The molecule has 0 saturated heterocycles. The van der Waals surface area contributed by atoms with Crippen molar-refractivity contribution in [2.75, 3.05) is 19.6 Å². The lowest BCUT2D eigenvalue weighted by Crippen LogP contribution is -2.35. The molecule has 0 unspecified atom stereocenters. The second-order valence-electron chi connectivity index (χ2n) is 4.00. The molecule has 104 valence electrons. The van der Waals surface area contributed by atoms with Gasteiger partial charge in [-0.1, -0.05) is 13.8 Å². The van der Waals surface area contributed by atoms with Crippen molar-refractivity contribution in [3.8, 4) is 11.5 Å². The van der Waals surface area contributed by atoms with Gasteiger partial charge in [-0.05, 0) is 36.9 Å². The Morgan fingerprint density at radius 3 is 2.58 bits per heavy atom. The number of hydrazone groups is 1. The Labute approximate surface area is 112 Å². The highest BCUT2D eigenvalue weighted by Crippen LogP contribution is 2.23. The summed E-state index contributed by atoms with van der Waals surface area (Å²) in [6, 6.07) is 4.29. The van der Waals surface area contributed by atoms with Crippen LogP contribution in [0.4, 0.5) is 0 Å². The second-order valence-corrected chi connectivity index (χ2v) is 4.00. The zero-order valence-electron chi connectivity index (χ0n) is 11.1. The van der Waals surface area contributed by atoms with Crippen LogP contribution in [0.5, 0.6) is 11.5 Å². The van der Waals surface area contributed by atoms with E-state index < -0.39 is 0 Å². The van der Waals surface area contributed by atoms with Gasteiger partial charge < -0.3 is 10.2 Å². The molecule has 0 radical (unpaired) electrons. The molecule has 0 saturated carbocycles. The third-order valence-corrected chi connectivity index (χ3v) is 2.66. The van der Waals surface area contributed by atoms with Crippen molar-refractivity contribution in [3.05, 3.63) is 23.8 Å². The largest absolute Gasteiger partial charge is 0.504 e. The number of phenolic OH excluding ortho intramolecular Hbond substituents is 2. The Balaban J connectivity index is 2.49. The fraction of sp³-hybridized carbons (Fsp3) is 0.385. The molecule has 1 aromatic rings. The van der Waals surface area contributed by atoms with E-state index in [4.69, 9.17) is 5.11 Å².